The number of hydrogen-bond acceptors (Lipinski definition) is 6. The summed E-state index contributed by atoms with van der Waals surface area (Å²) in [6.45, 7) is -0.222. The molecule has 2 aliphatic rings. The van der Waals surface area contributed by atoms with Gasteiger partial charge in [0.1, 0.15) is 11.8 Å². The molecule has 1 saturated heterocycles. The molecule has 5 rings (SSSR count). The van der Waals surface area contributed by atoms with Gasteiger partial charge < -0.3 is 5.32 Å². The number of thioether (sulfide) groups is 1. The van der Waals surface area contributed by atoms with Gasteiger partial charge in [0.15, 0.2) is 0 Å². The van der Waals surface area contributed by atoms with Crippen LogP contribution in [0.2, 0.25) is 10.0 Å². The molecule has 1 fully saturated rings. The predicted octanol–water partition coefficient (Wildman–Crippen LogP) is 3.73. The van der Waals surface area contributed by atoms with Gasteiger partial charge in [-0.05, 0) is 42.0 Å². The number of carbonyl (C=O) groups excluding carboxylic acids is 3. The van der Waals surface area contributed by atoms with Crippen molar-refractivity contribution in [1.29, 1.82) is 0 Å². The Labute approximate surface area is 206 Å². The number of hydrogen-bond donors (Lipinski definition) is 2. The van der Waals surface area contributed by atoms with Gasteiger partial charge in [-0.1, -0.05) is 58.4 Å². The van der Waals surface area contributed by atoms with Gasteiger partial charge in [-0.25, -0.2) is 0 Å². The first-order chi connectivity index (χ1) is 15.8. The minimum atomic E-state index is -0.690. The molecule has 3 aromatic rings. The first-order valence-corrected chi connectivity index (χ1v) is 12.3. The lowest BCUT2D eigenvalue weighted by Gasteiger charge is -2.30. The topological polar surface area (TPSA) is 97.3 Å². The van der Waals surface area contributed by atoms with E-state index >= 15 is 0 Å². The van der Waals surface area contributed by atoms with E-state index < -0.39 is 28.9 Å². The summed E-state index contributed by atoms with van der Waals surface area (Å²) in [5, 5.41) is 6.07. The molecule has 3 unspecified atom stereocenters. The van der Waals surface area contributed by atoms with Crippen molar-refractivity contribution < 1.29 is 14.4 Å². The summed E-state index contributed by atoms with van der Waals surface area (Å²) >= 11 is 14.1. The van der Waals surface area contributed by atoms with Gasteiger partial charge in [0.25, 0.3) is 0 Å². The van der Waals surface area contributed by atoms with E-state index in [0.29, 0.717) is 25.6 Å². The Morgan fingerprint density at radius 1 is 0.970 bits per heavy atom. The fourth-order valence-corrected chi connectivity index (χ4v) is 7.07. The molecule has 2 aromatic carbocycles. The lowest BCUT2D eigenvalue weighted by molar-refractivity contribution is -0.126. The third-order valence-electron chi connectivity index (χ3n) is 5.55. The molecule has 2 N–H and O–H groups in total. The number of benzene rings is 2. The number of aromatic nitrogens is 1. The number of halogens is 2. The average Bonchev–Trinajstić information content (AvgIpc) is 3.24. The van der Waals surface area contributed by atoms with E-state index in [4.69, 9.17) is 23.2 Å². The molecule has 0 spiro atoms. The number of thiazole rings is 1. The van der Waals surface area contributed by atoms with Gasteiger partial charge in [0, 0.05) is 26.5 Å². The van der Waals surface area contributed by atoms with Crippen LogP contribution in [0, 0.1) is 5.92 Å². The first kappa shape index (κ1) is 22.2. The van der Waals surface area contributed by atoms with Gasteiger partial charge in [0.05, 0.1) is 10.9 Å². The second-order valence-corrected chi connectivity index (χ2v) is 10.6. The molecule has 7 nitrogen and oxygen atoms in total. The van der Waals surface area contributed by atoms with Crippen LogP contribution in [0.15, 0.2) is 58.4 Å². The molecule has 0 saturated carbocycles. The highest BCUT2D eigenvalue weighted by atomic mass is 35.5. The number of rotatable bonds is 4. The van der Waals surface area contributed by atoms with E-state index in [0.717, 1.165) is 28.7 Å². The maximum atomic E-state index is 12.9. The van der Waals surface area contributed by atoms with Crippen LogP contribution in [0.4, 0.5) is 5.69 Å². The zero-order valence-corrected chi connectivity index (χ0v) is 19.9. The van der Waals surface area contributed by atoms with Crippen molar-refractivity contribution >= 4 is 69.7 Å². The number of nitrogens with one attached hydrogen (secondary N) is 2. The van der Waals surface area contributed by atoms with Crippen LogP contribution in [0.1, 0.15) is 16.4 Å². The van der Waals surface area contributed by atoms with Crippen molar-refractivity contribution in [2.45, 2.75) is 22.7 Å². The Kier molecular flexibility index (Phi) is 5.82. The molecule has 11 heteroatoms. The molecule has 3 atom stereocenters. The molecule has 0 aliphatic carbocycles. The Bertz CT molecular complexity index is 1340. The van der Waals surface area contributed by atoms with Crippen molar-refractivity contribution in [3.8, 4) is 0 Å². The third kappa shape index (κ3) is 4.10. The van der Waals surface area contributed by atoms with Crippen LogP contribution >= 0.6 is 46.3 Å². The molecular formula is C22H15Cl2N3O4S2. The zero-order chi connectivity index (χ0) is 23.3. The van der Waals surface area contributed by atoms with Gasteiger partial charge in [-0.15, -0.1) is 0 Å². The van der Waals surface area contributed by atoms with E-state index in [1.807, 2.05) is 0 Å². The van der Waals surface area contributed by atoms with Crippen LogP contribution in [-0.2, 0) is 20.9 Å². The maximum Gasteiger partial charge on any atom is 0.308 e. The van der Waals surface area contributed by atoms with Crippen LogP contribution < -0.4 is 15.5 Å². The standard InChI is InChI=1S/C22H15Cl2N3O4S2/c23-11-3-1-10(2-4-11)15-16-17(20(30)26-19(16)29)32-21-18(15)33-22(31)27(21)9-14(28)25-13-7-5-12(24)6-8-13/h1-8,15-17H,9H2,(H,25,28)(H,26,29,30). The van der Waals surface area contributed by atoms with Crippen LogP contribution in [0.3, 0.4) is 0 Å². The van der Waals surface area contributed by atoms with Crippen molar-refractivity contribution in [3.05, 3.63) is 78.7 Å². The summed E-state index contributed by atoms with van der Waals surface area (Å²) in [6, 6.07) is 13.6. The van der Waals surface area contributed by atoms with E-state index in [9.17, 15) is 19.2 Å². The summed E-state index contributed by atoms with van der Waals surface area (Å²) in [5.74, 6) is -2.29. The van der Waals surface area contributed by atoms with E-state index in [-0.39, 0.29) is 17.3 Å². The number of carbonyl (C=O) groups is 3. The Hall–Kier alpha value is -2.59. The maximum absolute atomic E-state index is 12.9. The van der Waals surface area contributed by atoms with E-state index in [1.165, 1.54) is 4.57 Å². The molecule has 3 heterocycles. The van der Waals surface area contributed by atoms with Crippen LogP contribution in [0.25, 0.3) is 0 Å². The highest BCUT2D eigenvalue weighted by molar-refractivity contribution is 8.00. The number of amides is 3. The van der Waals surface area contributed by atoms with E-state index in [2.05, 4.69) is 10.6 Å². The summed E-state index contributed by atoms with van der Waals surface area (Å²) < 4.78 is 1.37. The van der Waals surface area contributed by atoms with Crippen LogP contribution in [0.5, 0.6) is 0 Å². The third-order valence-corrected chi connectivity index (χ3v) is 8.67. The Morgan fingerprint density at radius 2 is 1.61 bits per heavy atom. The van der Waals surface area contributed by atoms with Crippen LogP contribution in [-0.4, -0.2) is 27.5 Å². The normalized spacial score (nSPS) is 21.3. The quantitative estimate of drug-likeness (QED) is 0.511. The number of nitrogens with zero attached hydrogens (tertiary/aromatic N) is 1. The fraction of sp³-hybridized carbons (Fsp3) is 0.182. The number of imide groups is 1. The predicted molar refractivity (Wildman–Crippen MR) is 128 cm³/mol. The lowest BCUT2D eigenvalue weighted by Crippen LogP contribution is -2.32. The summed E-state index contributed by atoms with van der Waals surface area (Å²) in [4.78, 5) is 51.1. The SMILES string of the molecule is O=C(Cn1c2c(sc1=O)C(c1ccc(Cl)cc1)C1C(=O)NC(=O)C1S2)Nc1ccc(Cl)cc1. The average molecular weight is 520 g/mol. The fourth-order valence-electron chi connectivity index (χ4n) is 4.08. The lowest BCUT2D eigenvalue weighted by atomic mass is 9.83. The summed E-state index contributed by atoms with van der Waals surface area (Å²) in [7, 11) is 0. The number of anilines is 1. The molecule has 0 bridgehead atoms. The molecule has 0 radical (unpaired) electrons. The zero-order valence-electron chi connectivity index (χ0n) is 16.7. The van der Waals surface area contributed by atoms with Gasteiger partial charge in [-0.3, -0.25) is 29.1 Å². The Balaban J connectivity index is 1.52. The second kappa shape index (κ2) is 8.64. The monoisotopic (exact) mass is 519 g/mol. The highest BCUT2D eigenvalue weighted by Crippen LogP contribution is 2.51. The molecule has 1 aromatic heterocycles. The largest absolute Gasteiger partial charge is 0.325 e. The Morgan fingerprint density at radius 3 is 2.27 bits per heavy atom. The van der Waals surface area contributed by atoms with E-state index in [1.54, 1.807) is 48.5 Å². The van der Waals surface area contributed by atoms with Crippen molar-refractivity contribution in [2.75, 3.05) is 5.32 Å². The number of fused-ring (bicyclic) bond motifs is 2. The molecule has 33 heavy (non-hydrogen) atoms. The van der Waals surface area contributed by atoms with Gasteiger partial charge in [-0.2, -0.15) is 0 Å². The van der Waals surface area contributed by atoms with Crippen molar-refractivity contribution in [1.82, 2.24) is 9.88 Å². The summed E-state index contributed by atoms with van der Waals surface area (Å²) in [6.07, 6.45) is 0. The molecule has 168 valence electrons. The first-order valence-electron chi connectivity index (χ1n) is 9.87. The molecule has 2 aliphatic heterocycles. The minimum Gasteiger partial charge on any atom is -0.325 e. The summed E-state index contributed by atoms with van der Waals surface area (Å²) in [5.41, 5.74) is 1.33. The van der Waals surface area contributed by atoms with Gasteiger partial charge >= 0.3 is 4.87 Å². The highest BCUT2D eigenvalue weighted by Gasteiger charge is 2.52. The smallest absolute Gasteiger partial charge is 0.308 e. The van der Waals surface area contributed by atoms with Crippen molar-refractivity contribution in [3.63, 3.8) is 0 Å². The minimum absolute atomic E-state index is 0.222. The molecule has 3 amide bonds. The molecular weight excluding hydrogens is 505 g/mol. The van der Waals surface area contributed by atoms with Gasteiger partial charge in [0.2, 0.25) is 17.7 Å². The van der Waals surface area contributed by atoms with Crippen molar-refractivity contribution in [2.24, 2.45) is 5.92 Å². The second-order valence-electron chi connectivity index (χ2n) is 7.63.